The lowest BCUT2D eigenvalue weighted by molar-refractivity contribution is -0.129. The summed E-state index contributed by atoms with van der Waals surface area (Å²) < 4.78 is 10.5. The molecule has 1 heterocycles. The molecular formula is C18H24N2O4. The van der Waals surface area contributed by atoms with Gasteiger partial charge in [0.15, 0.2) is 0 Å². The molecule has 0 spiro atoms. The second-order valence-electron chi connectivity index (χ2n) is 6.47. The van der Waals surface area contributed by atoms with Gasteiger partial charge in [-0.2, -0.15) is 0 Å². The van der Waals surface area contributed by atoms with Crippen molar-refractivity contribution in [3.05, 3.63) is 35.9 Å². The van der Waals surface area contributed by atoms with Crippen LogP contribution in [-0.4, -0.2) is 37.3 Å². The van der Waals surface area contributed by atoms with E-state index in [9.17, 15) is 9.59 Å². The van der Waals surface area contributed by atoms with E-state index < -0.39 is 6.09 Å². The molecule has 24 heavy (non-hydrogen) atoms. The summed E-state index contributed by atoms with van der Waals surface area (Å²) in [5.74, 6) is 0.0878. The molecular weight excluding hydrogens is 308 g/mol. The fraction of sp³-hybridized carbons (Fsp3) is 0.556. The first-order valence-electron chi connectivity index (χ1n) is 8.56. The summed E-state index contributed by atoms with van der Waals surface area (Å²) in [6.07, 6.45) is 2.69. The molecule has 1 aromatic carbocycles. The maximum atomic E-state index is 12.1. The van der Waals surface area contributed by atoms with Crippen LogP contribution in [0, 0.1) is 5.92 Å². The predicted molar refractivity (Wildman–Crippen MR) is 88.3 cm³/mol. The molecule has 2 N–H and O–H groups in total. The van der Waals surface area contributed by atoms with Crippen LogP contribution in [-0.2, 0) is 20.9 Å². The molecule has 6 nitrogen and oxygen atoms in total. The minimum Gasteiger partial charge on any atom is -0.445 e. The van der Waals surface area contributed by atoms with E-state index >= 15 is 0 Å². The van der Waals surface area contributed by atoms with Crippen LogP contribution in [0.3, 0.4) is 0 Å². The Morgan fingerprint density at radius 2 is 1.75 bits per heavy atom. The quantitative estimate of drug-likeness (QED) is 0.864. The zero-order valence-electron chi connectivity index (χ0n) is 13.7. The summed E-state index contributed by atoms with van der Waals surface area (Å²) in [7, 11) is 0. The third kappa shape index (κ3) is 4.71. The van der Waals surface area contributed by atoms with Crippen LogP contribution < -0.4 is 10.6 Å². The highest BCUT2D eigenvalue weighted by Crippen LogP contribution is 2.28. The number of nitrogens with one attached hydrogen (secondary N) is 2. The number of ether oxygens (including phenoxy) is 2. The molecule has 0 unspecified atom stereocenters. The molecule has 6 heteroatoms. The molecule has 0 aromatic heterocycles. The van der Waals surface area contributed by atoms with Crippen molar-refractivity contribution >= 4 is 12.0 Å². The molecule has 1 saturated carbocycles. The summed E-state index contributed by atoms with van der Waals surface area (Å²) in [6.45, 7) is 1.69. The highest BCUT2D eigenvalue weighted by atomic mass is 16.5. The van der Waals surface area contributed by atoms with E-state index in [1.807, 2.05) is 30.3 Å². The number of benzene rings is 1. The average Bonchev–Trinajstić information content (AvgIpc) is 2.57. The standard InChI is InChI=1S/C18H24N2O4/c21-17(19-15-6-8-23-9-7-15)14-10-16(11-14)20-18(22)24-12-13-4-2-1-3-5-13/h1-5,14-16H,6-12H2,(H,19,21)(H,20,22). The molecule has 1 aromatic rings. The molecule has 2 aliphatic rings. The fourth-order valence-electron chi connectivity index (χ4n) is 3.04. The molecule has 2 amide bonds. The van der Waals surface area contributed by atoms with E-state index in [1.54, 1.807) is 0 Å². The molecule has 0 atom stereocenters. The second kappa shape index (κ2) is 8.15. The predicted octanol–water partition coefficient (Wildman–Crippen LogP) is 1.99. The van der Waals surface area contributed by atoms with Crippen molar-refractivity contribution in [2.75, 3.05) is 13.2 Å². The van der Waals surface area contributed by atoms with E-state index in [4.69, 9.17) is 9.47 Å². The lowest BCUT2D eigenvalue weighted by Gasteiger charge is -2.35. The van der Waals surface area contributed by atoms with E-state index in [2.05, 4.69) is 10.6 Å². The summed E-state index contributed by atoms with van der Waals surface area (Å²) in [5, 5.41) is 5.89. The first kappa shape index (κ1) is 16.8. The van der Waals surface area contributed by atoms with Crippen LogP contribution in [0.15, 0.2) is 30.3 Å². The minimum absolute atomic E-state index is 0.00716. The summed E-state index contributed by atoms with van der Waals surface area (Å²) >= 11 is 0. The highest BCUT2D eigenvalue weighted by molar-refractivity contribution is 5.80. The van der Waals surface area contributed by atoms with Crippen molar-refractivity contribution in [3.8, 4) is 0 Å². The van der Waals surface area contributed by atoms with Crippen LogP contribution in [0.25, 0.3) is 0 Å². The molecule has 130 valence electrons. The third-order valence-electron chi connectivity index (χ3n) is 4.61. The fourth-order valence-corrected chi connectivity index (χ4v) is 3.04. The Hall–Kier alpha value is -2.08. The Balaban J connectivity index is 1.31. The van der Waals surface area contributed by atoms with E-state index in [0.29, 0.717) is 26.1 Å². The van der Waals surface area contributed by atoms with Crippen molar-refractivity contribution in [1.29, 1.82) is 0 Å². The maximum absolute atomic E-state index is 12.1. The van der Waals surface area contributed by atoms with Gasteiger partial charge in [-0.05, 0) is 31.2 Å². The molecule has 1 saturated heterocycles. The van der Waals surface area contributed by atoms with Crippen LogP contribution in [0.4, 0.5) is 4.79 Å². The first-order chi connectivity index (χ1) is 11.7. The molecule has 3 rings (SSSR count). The molecule has 2 fully saturated rings. The van der Waals surface area contributed by atoms with Crippen LogP contribution in [0.1, 0.15) is 31.2 Å². The number of amides is 2. The lowest BCUT2D eigenvalue weighted by atomic mass is 9.79. The van der Waals surface area contributed by atoms with Gasteiger partial charge >= 0.3 is 6.09 Å². The van der Waals surface area contributed by atoms with Crippen molar-refractivity contribution in [3.63, 3.8) is 0 Å². The third-order valence-corrected chi connectivity index (χ3v) is 4.61. The van der Waals surface area contributed by atoms with Gasteiger partial charge in [-0.1, -0.05) is 30.3 Å². The Bertz CT molecular complexity index is 551. The van der Waals surface area contributed by atoms with Gasteiger partial charge in [0.2, 0.25) is 5.91 Å². The SMILES string of the molecule is O=C(NC1CC(C(=O)NC2CCOCC2)C1)OCc1ccccc1. The highest BCUT2D eigenvalue weighted by Gasteiger charge is 2.36. The van der Waals surface area contributed by atoms with E-state index in [-0.39, 0.29) is 30.5 Å². The van der Waals surface area contributed by atoms with Gasteiger partial charge in [0.25, 0.3) is 0 Å². The van der Waals surface area contributed by atoms with Gasteiger partial charge in [-0.3, -0.25) is 4.79 Å². The Morgan fingerprint density at radius 3 is 2.46 bits per heavy atom. The second-order valence-corrected chi connectivity index (χ2v) is 6.47. The van der Waals surface area contributed by atoms with Crippen LogP contribution in [0.2, 0.25) is 0 Å². The van der Waals surface area contributed by atoms with Gasteiger partial charge in [0.1, 0.15) is 6.61 Å². The number of hydrogen-bond donors (Lipinski definition) is 2. The van der Waals surface area contributed by atoms with Gasteiger partial charge in [0, 0.05) is 31.2 Å². The monoisotopic (exact) mass is 332 g/mol. The smallest absolute Gasteiger partial charge is 0.407 e. The summed E-state index contributed by atoms with van der Waals surface area (Å²) in [5.41, 5.74) is 0.954. The summed E-state index contributed by atoms with van der Waals surface area (Å²) in [6, 6.07) is 9.81. The minimum atomic E-state index is -0.424. The number of carbonyl (C=O) groups excluding carboxylic acids is 2. The van der Waals surface area contributed by atoms with Crippen LogP contribution >= 0.6 is 0 Å². The maximum Gasteiger partial charge on any atom is 0.407 e. The van der Waals surface area contributed by atoms with Crippen molar-refractivity contribution in [2.24, 2.45) is 5.92 Å². The van der Waals surface area contributed by atoms with Gasteiger partial charge in [0.05, 0.1) is 0 Å². The van der Waals surface area contributed by atoms with Gasteiger partial charge < -0.3 is 20.1 Å². The molecule has 1 aliphatic carbocycles. The van der Waals surface area contributed by atoms with Crippen LogP contribution in [0.5, 0.6) is 0 Å². The Morgan fingerprint density at radius 1 is 1.04 bits per heavy atom. The number of carbonyl (C=O) groups is 2. The van der Waals surface area contributed by atoms with Crippen molar-refractivity contribution in [1.82, 2.24) is 10.6 Å². The average molecular weight is 332 g/mol. The zero-order valence-corrected chi connectivity index (χ0v) is 13.7. The van der Waals surface area contributed by atoms with Gasteiger partial charge in [-0.15, -0.1) is 0 Å². The topological polar surface area (TPSA) is 76.7 Å². The molecule has 1 aliphatic heterocycles. The normalized spacial score (nSPS) is 23.8. The Kier molecular flexibility index (Phi) is 5.69. The summed E-state index contributed by atoms with van der Waals surface area (Å²) in [4.78, 5) is 23.9. The largest absolute Gasteiger partial charge is 0.445 e. The zero-order chi connectivity index (χ0) is 16.8. The molecule has 0 bridgehead atoms. The number of rotatable bonds is 5. The Labute approximate surface area is 141 Å². The number of hydrogen-bond acceptors (Lipinski definition) is 4. The lowest BCUT2D eigenvalue weighted by Crippen LogP contribution is -2.51. The van der Waals surface area contributed by atoms with E-state index in [1.165, 1.54) is 0 Å². The first-order valence-corrected chi connectivity index (χ1v) is 8.56. The van der Waals surface area contributed by atoms with Crippen molar-refractivity contribution in [2.45, 2.75) is 44.4 Å². The number of alkyl carbamates (subject to hydrolysis) is 1. The molecule has 0 radical (unpaired) electrons. The van der Waals surface area contributed by atoms with Gasteiger partial charge in [-0.25, -0.2) is 4.79 Å². The van der Waals surface area contributed by atoms with E-state index in [0.717, 1.165) is 18.4 Å². The van der Waals surface area contributed by atoms with Crippen molar-refractivity contribution < 1.29 is 19.1 Å².